The first-order valence-corrected chi connectivity index (χ1v) is 6.41. The predicted molar refractivity (Wildman–Crippen MR) is 75.2 cm³/mol. The number of hydrogen-bond donors (Lipinski definition) is 4. The molecule has 0 saturated carbocycles. The lowest BCUT2D eigenvalue weighted by Crippen LogP contribution is -2.34. The summed E-state index contributed by atoms with van der Waals surface area (Å²) in [6.45, 7) is 3.43. The Kier molecular flexibility index (Phi) is 4.54. The molecule has 0 spiro atoms. The molecule has 0 saturated heterocycles. The molecule has 1 unspecified atom stereocenters. The van der Waals surface area contributed by atoms with E-state index in [2.05, 4.69) is 15.6 Å². The summed E-state index contributed by atoms with van der Waals surface area (Å²) in [5.74, 6) is -0.0815. The maximum Gasteiger partial charge on any atom is 0.251 e. The number of carbonyl (C=O) groups excluding carboxylic acids is 1. The molecule has 2 aromatic rings. The first-order valence-electron chi connectivity index (χ1n) is 6.41. The van der Waals surface area contributed by atoms with Crippen molar-refractivity contribution in [2.24, 2.45) is 0 Å². The highest BCUT2D eigenvalue weighted by Gasteiger charge is 2.05. The van der Waals surface area contributed by atoms with Gasteiger partial charge in [-0.3, -0.25) is 4.79 Å². The highest BCUT2D eigenvalue weighted by molar-refractivity contribution is 5.98. The molecule has 0 aliphatic carbocycles. The van der Waals surface area contributed by atoms with E-state index in [1.54, 1.807) is 13.0 Å². The Hall–Kier alpha value is -1.85. The number of nitrogens with one attached hydrogen (secondary N) is 3. The number of hydrogen-bond acceptors (Lipinski definition) is 3. The van der Waals surface area contributed by atoms with E-state index in [9.17, 15) is 4.79 Å². The van der Waals surface area contributed by atoms with Crippen molar-refractivity contribution in [2.75, 3.05) is 19.6 Å². The van der Waals surface area contributed by atoms with E-state index in [1.165, 1.54) is 0 Å². The maximum absolute atomic E-state index is 11.9. The average Bonchev–Trinajstić information content (AvgIpc) is 2.84. The van der Waals surface area contributed by atoms with Crippen LogP contribution in [0.1, 0.15) is 17.3 Å². The second-order valence-electron chi connectivity index (χ2n) is 4.59. The summed E-state index contributed by atoms with van der Waals surface area (Å²) >= 11 is 0. The summed E-state index contributed by atoms with van der Waals surface area (Å²) in [6.07, 6.45) is 1.48. The maximum atomic E-state index is 11.9. The van der Waals surface area contributed by atoms with Crippen LogP contribution in [0.4, 0.5) is 0 Å². The minimum absolute atomic E-state index is 0.0815. The Morgan fingerprint density at radius 3 is 3.00 bits per heavy atom. The fraction of sp³-hybridized carbons (Fsp3) is 0.357. The summed E-state index contributed by atoms with van der Waals surface area (Å²) in [5.41, 5.74) is 1.68. The van der Waals surface area contributed by atoms with Gasteiger partial charge in [0.2, 0.25) is 0 Å². The molecule has 1 aromatic carbocycles. The van der Waals surface area contributed by atoms with Crippen LogP contribution in [-0.2, 0) is 0 Å². The number of fused-ring (bicyclic) bond motifs is 1. The molecule has 1 aromatic heterocycles. The minimum Gasteiger partial charge on any atom is -0.392 e. The molecule has 0 radical (unpaired) electrons. The molecule has 1 heterocycles. The number of aromatic nitrogens is 1. The average molecular weight is 261 g/mol. The van der Waals surface area contributed by atoms with Crippen LogP contribution in [0, 0.1) is 0 Å². The third-order valence-corrected chi connectivity index (χ3v) is 2.84. The molecule has 4 N–H and O–H groups in total. The third kappa shape index (κ3) is 3.81. The lowest BCUT2D eigenvalue weighted by atomic mass is 10.1. The molecular formula is C14H19N3O2. The molecule has 0 fully saturated rings. The number of aromatic amines is 1. The van der Waals surface area contributed by atoms with Gasteiger partial charge >= 0.3 is 0 Å². The quantitative estimate of drug-likeness (QED) is 0.583. The predicted octanol–water partition coefficient (Wildman–Crippen LogP) is 0.868. The number of aliphatic hydroxyl groups is 1. The molecule has 0 aliphatic rings. The van der Waals surface area contributed by atoms with Crippen molar-refractivity contribution >= 4 is 16.8 Å². The summed E-state index contributed by atoms with van der Waals surface area (Å²) in [5, 5.41) is 16.0. The molecule has 102 valence electrons. The van der Waals surface area contributed by atoms with Crippen LogP contribution in [-0.4, -0.2) is 41.7 Å². The van der Waals surface area contributed by atoms with Gasteiger partial charge in [-0.05, 0) is 31.2 Å². The van der Waals surface area contributed by atoms with E-state index < -0.39 is 0 Å². The van der Waals surface area contributed by atoms with Gasteiger partial charge in [-0.1, -0.05) is 0 Å². The first kappa shape index (κ1) is 13.6. The second-order valence-corrected chi connectivity index (χ2v) is 4.59. The summed E-state index contributed by atoms with van der Waals surface area (Å²) < 4.78 is 0. The van der Waals surface area contributed by atoms with Gasteiger partial charge in [0, 0.05) is 42.3 Å². The number of benzene rings is 1. The summed E-state index contributed by atoms with van der Waals surface area (Å²) in [4.78, 5) is 15.0. The van der Waals surface area contributed by atoms with Crippen LogP contribution in [0.15, 0.2) is 30.5 Å². The Morgan fingerprint density at radius 1 is 1.37 bits per heavy atom. The smallest absolute Gasteiger partial charge is 0.251 e. The summed E-state index contributed by atoms with van der Waals surface area (Å²) in [6, 6.07) is 7.51. The first-order chi connectivity index (χ1) is 9.16. The molecular weight excluding hydrogens is 242 g/mol. The number of amides is 1. The van der Waals surface area contributed by atoms with Crippen LogP contribution in [0.3, 0.4) is 0 Å². The van der Waals surface area contributed by atoms with Gasteiger partial charge in [-0.2, -0.15) is 0 Å². The zero-order valence-electron chi connectivity index (χ0n) is 10.9. The lowest BCUT2D eigenvalue weighted by molar-refractivity contribution is 0.0954. The van der Waals surface area contributed by atoms with Gasteiger partial charge in [0.05, 0.1) is 6.10 Å². The molecule has 1 atom stereocenters. The van der Waals surface area contributed by atoms with E-state index in [4.69, 9.17) is 5.11 Å². The van der Waals surface area contributed by atoms with E-state index in [1.807, 2.05) is 24.4 Å². The molecule has 19 heavy (non-hydrogen) atoms. The number of carbonyl (C=O) groups is 1. The van der Waals surface area contributed by atoms with Gasteiger partial charge in [0.15, 0.2) is 0 Å². The van der Waals surface area contributed by atoms with Gasteiger partial charge in [0.25, 0.3) is 5.91 Å². The van der Waals surface area contributed by atoms with E-state index in [0.717, 1.165) is 10.9 Å². The second kappa shape index (κ2) is 6.36. The molecule has 5 nitrogen and oxygen atoms in total. The zero-order chi connectivity index (χ0) is 13.7. The topological polar surface area (TPSA) is 77.2 Å². The highest BCUT2D eigenvalue weighted by Crippen LogP contribution is 2.13. The van der Waals surface area contributed by atoms with Gasteiger partial charge in [0.1, 0.15) is 0 Å². The monoisotopic (exact) mass is 261 g/mol. The van der Waals surface area contributed by atoms with E-state index >= 15 is 0 Å². The van der Waals surface area contributed by atoms with Crippen LogP contribution in [0.5, 0.6) is 0 Å². The molecule has 0 aliphatic heterocycles. The van der Waals surface area contributed by atoms with Crippen molar-refractivity contribution < 1.29 is 9.90 Å². The van der Waals surface area contributed by atoms with Gasteiger partial charge in [-0.15, -0.1) is 0 Å². The lowest BCUT2D eigenvalue weighted by Gasteiger charge is -2.08. The molecule has 1 amide bonds. The van der Waals surface area contributed by atoms with Crippen molar-refractivity contribution in [3.05, 3.63) is 36.0 Å². The van der Waals surface area contributed by atoms with E-state index in [0.29, 0.717) is 25.2 Å². The fourth-order valence-corrected chi connectivity index (χ4v) is 1.87. The number of H-pyrrole nitrogens is 1. The largest absolute Gasteiger partial charge is 0.392 e. The Morgan fingerprint density at radius 2 is 2.21 bits per heavy atom. The van der Waals surface area contributed by atoms with Crippen molar-refractivity contribution in [3.63, 3.8) is 0 Å². The molecule has 2 rings (SSSR count). The number of aliphatic hydroxyl groups excluding tert-OH is 1. The molecule has 5 heteroatoms. The summed E-state index contributed by atoms with van der Waals surface area (Å²) in [7, 11) is 0. The Balaban J connectivity index is 1.82. The highest BCUT2D eigenvalue weighted by atomic mass is 16.3. The Labute approximate surface area is 112 Å². The van der Waals surface area contributed by atoms with Gasteiger partial charge in [-0.25, -0.2) is 0 Å². The van der Waals surface area contributed by atoms with Crippen LogP contribution in [0.25, 0.3) is 10.9 Å². The number of rotatable bonds is 6. The van der Waals surface area contributed by atoms with Crippen LogP contribution < -0.4 is 10.6 Å². The standard InChI is InChI=1S/C14H19N3O2/c1-10(18)9-15-6-7-17-14(19)12-2-3-13-11(8-12)4-5-16-13/h2-5,8,10,15-16,18H,6-7,9H2,1H3,(H,17,19). The fourth-order valence-electron chi connectivity index (χ4n) is 1.87. The molecule has 0 bridgehead atoms. The van der Waals surface area contributed by atoms with Crippen molar-refractivity contribution in [3.8, 4) is 0 Å². The minimum atomic E-state index is -0.369. The van der Waals surface area contributed by atoms with E-state index in [-0.39, 0.29) is 12.0 Å². The SMILES string of the molecule is CC(O)CNCCNC(=O)c1ccc2[nH]ccc2c1. The van der Waals surface area contributed by atoms with Crippen molar-refractivity contribution in [1.82, 2.24) is 15.6 Å². The van der Waals surface area contributed by atoms with Crippen LogP contribution >= 0.6 is 0 Å². The zero-order valence-corrected chi connectivity index (χ0v) is 10.9. The van der Waals surface area contributed by atoms with Gasteiger partial charge < -0.3 is 20.7 Å². The van der Waals surface area contributed by atoms with Crippen molar-refractivity contribution in [1.29, 1.82) is 0 Å². The van der Waals surface area contributed by atoms with Crippen molar-refractivity contribution in [2.45, 2.75) is 13.0 Å². The van der Waals surface area contributed by atoms with Crippen LogP contribution in [0.2, 0.25) is 0 Å². The normalized spacial score (nSPS) is 12.5. The Bertz CT molecular complexity index is 548. The third-order valence-electron chi connectivity index (χ3n) is 2.84.